The first-order valence-electron chi connectivity index (χ1n) is 6.66. The van der Waals surface area contributed by atoms with Gasteiger partial charge in [-0.05, 0) is 23.8 Å². The predicted octanol–water partition coefficient (Wildman–Crippen LogP) is 4.21. The molecule has 0 aliphatic carbocycles. The number of hydrogen-bond donors (Lipinski definition) is 1. The zero-order valence-electron chi connectivity index (χ0n) is 11.4. The summed E-state index contributed by atoms with van der Waals surface area (Å²) < 4.78 is 18.5. The molecule has 2 aromatic carbocycles. The number of carboxylic acids is 1. The minimum absolute atomic E-state index is 0.112. The van der Waals surface area contributed by atoms with Gasteiger partial charge >= 0.3 is 5.97 Å². The van der Waals surface area contributed by atoms with Gasteiger partial charge in [0.05, 0.1) is 5.57 Å². The lowest BCUT2D eigenvalue weighted by Gasteiger charge is -2.24. The number of hydrogen-bond acceptors (Lipinski definition) is 2. The van der Waals surface area contributed by atoms with Gasteiger partial charge in [0.25, 0.3) is 0 Å². The summed E-state index contributed by atoms with van der Waals surface area (Å²) in [5.74, 6) is -0.771. The lowest BCUT2D eigenvalue weighted by molar-refractivity contribution is -0.133. The average molecular weight is 319 g/mol. The fourth-order valence-electron chi connectivity index (χ4n) is 2.41. The highest BCUT2D eigenvalue weighted by atomic mass is 35.5. The van der Waals surface area contributed by atoms with Crippen molar-refractivity contribution in [1.82, 2.24) is 0 Å². The van der Waals surface area contributed by atoms with Gasteiger partial charge in [-0.15, -0.1) is 0 Å². The van der Waals surface area contributed by atoms with E-state index in [1.165, 1.54) is 6.08 Å². The third kappa shape index (κ3) is 2.57. The number of carboxylic acid groups (broad SMARTS) is 1. The highest BCUT2D eigenvalue weighted by Crippen LogP contribution is 2.38. The molecule has 1 atom stereocenters. The van der Waals surface area contributed by atoms with E-state index in [2.05, 4.69) is 0 Å². The molecule has 0 saturated heterocycles. The van der Waals surface area contributed by atoms with Crippen LogP contribution in [-0.4, -0.2) is 23.9 Å². The number of rotatable bonds is 3. The van der Waals surface area contributed by atoms with Crippen molar-refractivity contribution >= 4 is 23.6 Å². The molecule has 3 nitrogen and oxygen atoms in total. The van der Waals surface area contributed by atoms with Crippen LogP contribution in [0.1, 0.15) is 5.56 Å². The Labute approximate surface area is 131 Å². The normalized spacial score (nSPS) is 16.5. The SMILES string of the molecule is O=C(O)C1=Cc2cc(Cl)c(-c3ccccc3)cc2OC1CF. The van der Waals surface area contributed by atoms with Crippen LogP contribution < -0.4 is 4.74 Å². The molecule has 1 N–H and O–H groups in total. The summed E-state index contributed by atoms with van der Waals surface area (Å²) in [5, 5.41) is 9.60. The number of alkyl halides is 1. The molecule has 5 heteroatoms. The molecule has 1 aliphatic rings. The lowest BCUT2D eigenvalue weighted by atomic mass is 9.98. The molecular formula is C17H12ClFO3. The number of fused-ring (bicyclic) bond motifs is 1. The molecule has 112 valence electrons. The van der Waals surface area contributed by atoms with E-state index in [-0.39, 0.29) is 5.57 Å². The molecule has 0 amide bonds. The summed E-state index contributed by atoms with van der Waals surface area (Å²) in [5.41, 5.74) is 2.08. The monoisotopic (exact) mass is 318 g/mol. The van der Waals surface area contributed by atoms with E-state index in [9.17, 15) is 9.18 Å². The molecule has 1 unspecified atom stereocenters. The first kappa shape index (κ1) is 14.6. The quantitative estimate of drug-likeness (QED) is 0.922. The second-order valence-electron chi connectivity index (χ2n) is 4.90. The lowest BCUT2D eigenvalue weighted by Crippen LogP contribution is -2.29. The van der Waals surface area contributed by atoms with Crippen molar-refractivity contribution in [1.29, 1.82) is 0 Å². The highest BCUT2D eigenvalue weighted by Gasteiger charge is 2.28. The van der Waals surface area contributed by atoms with Crippen LogP contribution in [0.5, 0.6) is 5.75 Å². The molecule has 22 heavy (non-hydrogen) atoms. The van der Waals surface area contributed by atoms with Crippen LogP contribution in [0.4, 0.5) is 4.39 Å². The fourth-order valence-corrected chi connectivity index (χ4v) is 2.70. The predicted molar refractivity (Wildman–Crippen MR) is 82.9 cm³/mol. The summed E-state index contributed by atoms with van der Waals surface area (Å²) in [6.45, 7) is -0.902. The van der Waals surface area contributed by atoms with Crippen molar-refractivity contribution in [2.45, 2.75) is 6.10 Å². The van der Waals surface area contributed by atoms with Crippen molar-refractivity contribution < 1.29 is 19.0 Å². The van der Waals surface area contributed by atoms with E-state index in [1.807, 2.05) is 30.3 Å². The second-order valence-corrected chi connectivity index (χ2v) is 5.31. The summed E-state index contributed by atoms with van der Waals surface area (Å²) in [6, 6.07) is 12.8. The van der Waals surface area contributed by atoms with E-state index < -0.39 is 18.7 Å². The number of carbonyl (C=O) groups is 1. The largest absolute Gasteiger partial charge is 0.482 e. The van der Waals surface area contributed by atoms with Crippen LogP contribution in [0.2, 0.25) is 5.02 Å². The molecule has 0 radical (unpaired) electrons. The maximum absolute atomic E-state index is 13.0. The van der Waals surface area contributed by atoms with Crippen molar-refractivity contribution in [3.05, 3.63) is 58.6 Å². The van der Waals surface area contributed by atoms with Gasteiger partial charge in [-0.3, -0.25) is 0 Å². The fraction of sp³-hybridized carbons (Fsp3) is 0.118. The summed E-state index contributed by atoms with van der Waals surface area (Å²) in [4.78, 5) is 11.2. The molecule has 0 spiro atoms. The molecule has 1 aliphatic heterocycles. The maximum Gasteiger partial charge on any atom is 0.335 e. The molecule has 0 fully saturated rings. The molecular weight excluding hydrogens is 307 g/mol. The summed E-state index contributed by atoms with van der Waals surface area (Å²) >= 11 is 6.29. The molecule has 0 aromatic heterocycles. The smallest absolute Gasteiger partial charge is 0.335 e. The minimum Gasteiger partial charge on any atom is -0.482 e. The topological polar surface area (TPSA) is 46.5 Å². The minimum atomic E-state index is -1.20. The molecule has 2 aromatic rings. The van der Waals surface area contributed by atoms with Gasteiger partial charge in [-0.1, -0.05) is 41.9 Å². The van der Waals surface area contributed by atoms with Crippen molar-refractivity contribution in [2.75, 3.05) is 6.67 Å². The Bertz CT molecular complexity index is 756. The number of benzene rings is 2. The van der Waals surface area contributed by atoms with Gasteiger partial charge in [0.15, 0.2) is 6.10 Å². The van der Waals surface area contributed by atoms with Crippen LogP contribution in [0.15, 0.2) is 48.0 Å². The van der Waals surface area contributed by atoms with E-state index in [4.69, 9.17) is 21.4 Å². The Kier molecular flexibility index (Phi) is 3.86. The summed E-state index contributed by atoms with van der Waals surface area (Å²) in [7, 11) is 0. The van der Waals surface area contributed by atoms with Gasteiger partial charge in [0.2, 0.25) is 0 Å². The maximum atomic E-state index is 13.0. The molecule has 0 bridgehead atoms. The summed E-state index contributed by atoms with van der Waals surface area (Å²) in [6.07, 6.45) is 0.307. The number of aliphatic carboxylic acids is 1. The first-order chi connectivity index (χ1) is 10.6. The molecule has 0 saturated carbocycles. The van der Waals surface area contributed by atoms with Crippen LogP contribution in [0.25, 0.3) is 17.2 Å². The van der Waals surface area contributed by atoms with Crippen LogP contribution in [0.3, 0.4) is 0 Å². The Hall–Kier alpha value is -2.33. The van der Waals surface area contributed by atoms with Gasteiger partial charge in [0.1, 0.15) is 12.4 Å². The van der Waals surface area contributed by atoms with Crippen molar-refractivity contribution in [2.24, 2.45) is 0 Å². The average Bonchev–Trinajstić information content (AvgIpc) is 2.53. The second kappa shape index (κ2) is 5.81. The standard InChI is InChI=1S/C17H12ClFO3/c18-14-7-11-6-13(17(20)21)16(9-19)22-15(11)8-12(14)10-4-2-1-3-5-10/h1-8,16H,9H2,(H,20,21). The van der Waals surface area contributed by atoms with Gasteiger partial charge in [0, 0.05) is 16.1 Å². The molecule has 1 heterocycles. The van der Waals surface area contributed by atoms with Gasteiger partial charge in [-0.2, -0.15) is 0 Å². The van der Waals surface area contributed by atoms with Crippen LogP contribution >= 0.6 is 11.6 Å². The van der Waals surface area contributed by atoms with Crippen molar-refractivity contribution in [3.8, 4) is 16.9 Å². The third-order valence-electron chi connectivity index (χ3n) is 3.50. The number of ether oxygens (including phenoxy) is 1. The first-order valence-corrected chi connectivity index (χ1v) is 7.04. The van der Waals surface area contributed by atoms with Gasteiger partial charge < -0.3 is 9.84 Å². The van der Waals surface area contributed by atoms with Gasteiger partial charge in [-0.25, -0.2) is 9.18 Å². The van der Waals surface area contributed by atoms with Crippen LogP contribution in [0, 0.1) is 0 Å². The van der Waals surface area contributed by atoms with E-state index in [1.54, 1.807) is 12.1 Å². The van der Waals surface area contributed by atoms with Crippen molar-refractivity contribution in [3.63, 3.8) is 0 Å². The van der Waals surface area contributed by atoms with E-state index in [0.29, 0.717) is 16.3 Å². The third-order valence-corrected chi connectivity index (χ3v) is 3.81. The number of halogens is 2. The zero-order valence-corrected chi connectivity index (χ0v) is 12.2. The Balaban J connectivity index is 2.11. The van der Waals surface area contributed by atoms with Crippen LogP contribution in [-0.2, 0) is 4.79 Å². The Morgan fingerprint density at radius 1 is 1.27 bits per heavy atom. The zero-order chi connectivity index (χ0) is 15.7. The Morgan fingerprint density at radius 2 is 2.00 bits per heavy atom. The van der Waals surface area contributed by atoms with E-state index >= 15 is 0 Å². The molecule has 3 rings (SSSR count). The highest BCUT2D eigenvalue weighted by molar-refractivity contribution is 6.33. The Morgan fingerprint density at radius 3 is 2.64 bits per heavy atom. The van der Waals surface area contributed by atoms with E-state index in [0.717, 1.165) is 11.1 Å².